The second kappa shape index (κ2) is 9.84. The summed E-state index contributed by atoms with van der Waals surface area (Å²) in [7, 11) is 0. The molecule has 34 heavy (non-hydrogen) atoms. The molecule has 0 unspecified atom stereocenters. The van der Waals surface area contributed by atoms with Gasteiger partial charge in [-0.25, -0.2) is 0 Å². The molecule has 2 aromatic carbocycles. The summed E-state index contributed by atoms with van der Waals surface area (Å²) in [6.45, 7) is 4.91. The molecule has 3 amide bonds. The average molecular weight is 503 g/mol. The zero-order valence-corrected chi connectivity index (χ0v) is 20.8. The van der Waals surface area contributed by atoms with Gasteiger partial charge in [-0.2, -0.15) is 0 Å². The molecule has 1 spiro atoms. The number of benzene rings is 2. The van der Waals surface area contributed by atoms with Crippen LogP contribution < -0.4 is 10.2 Å². The van der Waals surface area contributed by atoms with Crippen LogP contribution in [-0.2, 0) is 9.59 Å². The van der Waals surface area contributed by atoms with Crippen molar-refractivity contribution in [1.29, 1.82) is 0 Å². The lowest BCUT2D eigenvalue weighted by molar-refractivity contribution is -0.137. The number of likely N-dealkylation sites (tertiary alicyclic amines) is 1. The van der Waals surface area contributed by atoms with Crippen LogP contribution in [0.3, 0.4) is 0 Å². The van der Waals surface area contributed by atoms with Crippen molar-refractivity contribution in [2.45, 2.75) is 38.3 Å². The molecule has 0 bridgehead atoms. The van der Waals surface area contributed by atoms with E-state index < -0.39 is 5.54 Å². The fraction of sp³-hybridized carbons (Fsp3) is 0.400. The Morgan fingerprint density at radius 2 is 1.74 bits per heavy atom. The molecule has 2 aliphatic rings. The molecule has 0 aromatic heterocycles. The first-order valence-corrected chi connectivity index (χ1v) is 12.1. The molecule has 9 heteroatoms. The Morgan fingerprint density at radius 1 is 1.06 bits per heavy atom. The van der Waals surface area contributed by atoms with Crippen LogP contribution in [0.15, 0.2) is 48.5 Å². The fourth-order valence-corrected chi connectivity index (χ4v) is 5.27. The number of rotatable bonds is 5. The maximum atomic E-state index is 13.7. The van der Waals surface area contributed by atoms with Crippen LogP contribution in [0.5, 0.6) is 0 Å². The molecule has 2 aromatic rings. The first-order valence-electron chi connectivity index (χ1n) is 11.4. The predicted octanol–water partition coefficient (Wildman–Crippen LogP) is 3.80. The third-order valence-corrected chi connectivity index (χ3v) is 6.95. The third kappa shape index (κ3) is 4.72. The van der Waals surface area contributed by atoms with Gasteiger partial charge >= 0.3 is 0 Å². The largest absolute Gasteiger partial charge is 0.352 e. The number of hydrogen-bond donors (Lipinski definition) is 1. The van der Waals surface area contributed by atoms with Crippen molar-refractivity contribution >= 4 is 46.6 Å². The van der Waals surface area contributed by atoms with E-state index in [1.807, 2.05) is 44.2 Å². The van der Waals surface area contributed by atoms with Crippen LogP contribution >= 0.6 is 23.2 Å². The van der Waals surface area contributed by atoms with Crippen LogP contribution in [0, 0.1) is 0 Å². The second-order valence-corrected chi connectivity index (χ2v) is 9.92. The van der Waals surface area contributed by atoms with Crippen LogP contribution in [0.1, 0.15) is 37.0 Å². The van der Waals surface area contributed by atoms with Gasteiger partial charge in [-0.3, -0.25) is 14.4 Å². The lowest BCUT2D eigenvalue weighted by Crippen LogP contribution is -2.57. The number of anilines is 1. The molecule has 0 aliphatic carbocycles. The number of para-hydroxylation sites is 1. The van der Waals surface area contributed by atoms with E-state index in [0.29, 0.717) is 48.2 Å². The molecule has 0 atom stereocenters. The molecule has 4 rings (SSSR count). The number of carbonyl (C=O) groups is 3. The van der Waals surface area contributed by atoms with Gasteiger partial charge in [0.05, 0.1) is 17.3 Å². The summed E-state index contributed by atoms with van der Waals surface area (Å²) in [6.07, 6.45) is 0.917. The maximum absolute atomic E-state index is 13.7. The number of amides is 3. The van der Waals surface area contributed by atoms with E-state index in [1.54, 1.807) is 28.0 Å². The Kier molecular flexibility index (Phi) is 7.05. The van der Waals surface area contributed by atoms with Gasteiger partial charge in [0, 0.05) is 29.8 Å². The lowest BCUT2D eigenvalue weighted by Gasteiger charge is -2.43. The lowest BCUT2D eigenvalue weighted by atomic mass is 9.85. The van der Waals surface area contributed by atoms with Gasteiger partial charge in [0.2, 0.25) is 5.91 Å². The zero-order valence-electron chi connectivity index (χ0n) is 19.3. The molecule has 1 N–H and O–H groups in total. The summed E-state index contributed by atoms with van der Waals surface area (Å²) in [5.74, 6) is -0.438. The molecular weight excluding hydrogens is 475 g/mol. The van der Waals surface area contributed by atoms with Crippen molar-refractivity contribution < 1.29 is 14.4 Å². The zero-order chi connectivity index (χ0) is 24.5. The van der Waals surface area contributed by atoms with Gasteiger partial charge < -0.3 is 20.0 Å². The minimum Gasteiger partial charge on any atom is -0.352 e. The normalized spacial score (nSPS) is 17.6. The van der Waals surface area contributed by atoms with E-state index in [4.69, 9.17) is 23.2 Å². The van der Waals surface area contributed by atoms with Crippen LogP contribution in [0.25, 0.3) is 0 Å². The number of nitrogens with zero attached hydrogens (tertiary/aromatic N) is 3. The first kappa shape index (κ1) is 24.4. The minimum absolute atomic E-state index is 0.00154. The highest BCUT2D eigenvalue weighted by Gasteiger charge is 2.54. The average Bonchev–Trinajstić information content (AvgIpc) is 3.05. The van der Waals surface area contributed by atoms with Gasteiger partial charge in [0.15, 0.2) is 0 Å². The molecule has 0 saturated carbocycles. The highest BCUT2D eigenvalue weighted by molar-refractivity contribution is 6.36. The van der Waals surface area contributed by atoms with Crippen molar-refractivity contribution in [2.75, 3.05) is 31.2 Å². The van der Waals surface area contributed by atoms with Crippen LogP contribution in [0.4, 0.5) is 5.69 Å². The number of halogens is 2. The SMILES string of the molecule is CC(C)NC(=O)CN1CN(c2ccccc2)C2(CCN(C(=O)c3ccc(Cl)cc3Cl)CC2)C1=O. The minimum atomic E-state index is -0.806. The van der Waals surface area contributed by atoms with Crippen molar-refractivity contribution in [3.63, 3.8) is 0 Å². The predicted molar refractivity (Wildman–Crippen MR) is 133 cm³/mol. The quantitative estimate of drug-likeness (QED) is 0.674. The molecule has 180 valence electrons. The second-order valence-electron chi connectivity index (χ2n) is 9.08. The summed E-state index contributed by atoms with van der Waals surface area (Å²) in [4.78, 5) is 44.6. The molecule has 2 heterocycles. The number of piperidine rings is 1. The Bertz CT molecular complexity index is 1080. The van der Waals surface area contributed by atoms with E-state index >= 15 is 0 Å². The van der Waals surface area contributed by atoms with E-state index in [2.05, 4.69) is 10.2 Å². The smallest absolute Gasteiger partial charge is 0.255 e. The van der Waals surface area contributed by atoms with Crippen molar-refractivity contribution in [3.05, 3.63) is 64.1 Å². The Labute approximate surface area is 209 Å². The summed E-state index contributed by atoms with van der Waals surface area (Å²) in [6, 6.07) is 14.6. The van der Waals surface area contributed by atoms with Gasteiger partial charge in [0.25, 0.3) is 11.8 Å². The molecule has 7 nitrogen and oxygen atoms in total. The topological polar surface area (TPSA) is 73.0 Å². The fourth-order valence-electron chi connectivity index (χ4n) is 4.78. The van der Waals surface area contributed by atoms with Gasteiger partial charge in [-0.1, -0.05) is 41.4 Å². The molecule has 2 fully saturated rings. The highest BCUT2D eigenvalue weighted by atomic mass is 35.5. The highest BCUT2D eigenvalue weighted by Crippen LogP contribution is 2.40. The van der Waals surface area contributed by atoms with E-state index in [9.17, 15) is 14.4 Å². The van der Waals surface area contributed by atoms with E-state index in [0.717, 1.165) is 5.69 Å². The number of carbonyl (C=O) groups excluding carboxylic acids is 3. The summed E-state index contributed by atoms with van der Waals surface area (Å²) < 4.78 is 0. The standard InChI is InChI=1S/C25H28Cl2N4O3/c1-17(2)28-22(32)15-30-16-31(19-6-4-3-5-7-19)25(24(30)34)10-12-29(13-11-25)23(33)20-9-8-18(26)14-21(20)27/h3-9,14,17H,10-13,15-16H2,1-2H3,(H,28,32). The van der Waals surface area contributed by atoms with Crippen molar-refractivity contribution in [3.8, 4) is 0 Å². The van der Waals surface area contributed by atoms with Crippen LogP contribution in [0.2, 0.25) is 10.0 Å². The molecular formula is C25H28Cl2N4O3. The molecule has 0 radical (unpaired) electrons. The third-order valence-electron chi connectivity index (χ3n) is 6.41. The van der Waals surface area contributed by atoms with Crippen LogP contribution in [-0.4, -0.2) is 65.4 Å². The molecule has 2 aliphatic heterocycles. The summed E-state index contributed by atoms with van der Waals surface area (Å²) in [5.41, 5.74) is 0.509. The Morgan fingerprint density at radius 3 is 2.35 bits per heavy atom. The van der Waals surface area contributed by atoms with Gasteiger partial charge in [0.1, 0.15) is 12.1 Å². The Hall–Kier alpha value is -2.77. The van der Waals surface area contributed by atoms with Gasteiger partial charge in [-0.15, -0.1) is 0 Å². The molecule has 2 saturated heterocycles. The van der Waals surface area contributed by atoms with E-state index in [-0.39, 0.29) is 30.3 Å². The summed E-state index contributed by atoms with van der Waals surface area (Å²) in [5, 5.41) is 3.64. The first-order chi connectivity index (χ1) is 16.2. The van der Waals surface area contributed by atoms with E-state index in [1.165, 1.54) is 0 Å². The number of hydrogen-bond acceptors (Lipinski definition) is 4. The van der Waals surface area contributed by atoms with Crippen molar-refractivity contribution in [1.82, 2.24) is 15.1 Å². The number of nitrogens with one attached hydrogen (secondary N) is 1. The monoisotopic (exact) mass is 502 g/mol. The van der Waals surface area contributed by atoms with Gasteiger partial charge in [-0.05, 0) is 57.0 Å². The Balaban J connectivity index is 1.55. The maximum Gasteiger partial charge on any atom is 0.255 e. The van der Waals surface area contributed by atoms with Crippen molar-refractivity contribution in [2.24, 2.45) is 0 Å². The summed E-state index contributed by atoms with van der Waals surface area (Å²) >= 11 is 12.2.